The molecule has 2 rings (SSSR count). The molecule has 0 atom stereocenters. The van der Waals surface area contributed by atoms with Gasteiger partial charge in [-0.15, -0.1) is 0 Å². The molecule has 6 nitrogen and oxygen atoms in total. The molecule has 0 saturated carbocycles. The second-order valence-electron chi connectivity index (χ2n) is 5.22. The van der Waals surface area contributed by atoms with E-state index in [0.29, 0.717) is 11.4 Å². The Morgan fingerprint density at radius 1 is 1.04 bits per heavy atom. The summed E-state index contributed by atoms with van der Waals surface area (Å²) in [6, 6.07) is 9.11. The van der Waals surface area contributed by atoms with Gasteiger partial charge in [0.1, 0.15) is 11.6 Å². The minimum Gasteiger partial charge on any atom is -0.453 e. The molecule has 0 aliphatic rings. The maximum atomic E-state index is 13.6. The quantitative estimate of drug-likeness (QED) is 0.882. The van der Waals surface area contributed by atoms with Gasteiger partial charge in [-0.3, -0.25) is 5.32 Å². The van der Waals surface area contributed by atoms with Crippen LogP contribution in [0.25, 0.3) is 0 Å². The van der Waals surface area contributed by atoms with Crippen LogP contribution in [0.1, 0.15) is 5.56 Å². The van der Waals surface area contributed by atoms with Crippen LogP contribution in [0.15, 0.2) is 42.5 Å². The normalized spacial score (nSPS) is 10.1. The lowest BCUT2D eigenvalue weighted by atomic mass is 10.2. The van der Waals surface area contributed by atoms with E-state index in [1.54, 1.807) is 24.3 Å². The Morgan fingerprint density at radius 2 is 1.64 bits per heavy atom. The van der Waals surface area contributed by atoms with Crippen LogP contribution in [0.3, 0.4) is 0 Å². The zero-order valence-electron chi connectivity index (χ0n) is 13.7. The van der Waals surface area contributed by atoms with E-state index in [9.17, 15) is 18.4 Å². The summed E-state index contributed by atoms with van der Waals surface area (Å²) in [4.78, 5) is 24.5. The number of hydrogen-bond acceptors (Lipinski definition) is 3. The molecule has 0 fully saturated rings. The number of urea groups is 1. The zero-order chi connectivity index (χ0) is 18.4. The summed E-state index contributed by atoms with van der Waals surface area (Å²) in [5, 5.41) is 5.12. The van der Waals surface area contributed by atoms with Crippen LogP contribution in [0.5, 0.6) is 0 Å². The SMILES string of the molecule is COC(=O)Nc1ccc(NC(=O)N(C)Cc2ccc(F)cc2F)cc1. The van der Waals surface area contributed by atoms with Gasteiger partial charge >= 0.3 is 12.1 Å². The summed E-state index contributed by atoms with van der Waals surface area (Å²) < 4.78 is 31.0. The minimum absolute atomic E-state index is 0.0140. The highest BCUT2D eigenvalue weighted by atomic mass is 19.1. The monoisotopic (exact) mass is 349 g/mol. The molecule has 132 valence electrons. The van der Waals surface area contributed by atoms with Crippen LogP contribution in [0.4, 0.5) is 29.7 Å². The van der Waals surface area contributed by atoms with E-state index < -0.39 is 23.8 Å². The van der Waals surface area contributed by atoms with Gasteiger partial charge in [0.15, 0.2) is 0 Å². The van der Waals surface area contributed by atoms with Crippen molar-refractivity contribution in [3.63, 3.8) is 0 Å². The minimum atomic E-state index is -0.710. The van der Waals surface area contributed by atoms with Crippen molar-refractivity contribution < 1.29 is 23.1 Å². The molecule has 3 amide bonds. The average Bonchev–Trinajstić information content (AvgIpc) is 2.58. The van der Waals surface area contributed by atoms with Crippen molar-refractivity contribution in [2.24, 2.45) is 0 Å². The highest BCUT2D eigenvalue weighted by Gasteiger charge is 2.12. The van der Waals surface area contributed by atoms with Gasteiger partial charge in [0.05, 0.1) is 7.11 Å². The summed E-state index contributed by atoms with van der Waals surface area (Å²) in [7, 11) is 2.75. The van der Waals surface area contributed by atoms with Gasteiger partial charge in [-0.25, -0.2) is 18.4 Å². The van der Waals surface area contributed by atoms with E-state index >= 15 is 0 Å². The molecule has 0 saturated heterocycles. The second kappa shape index (κ2) is 8.09. The number of ether oxygens (including phenoxy) is 1. The third kappa shape index (κ3) is 5.17. The van der Waals surface area contributed by atoms with Crippen LogP contribution < -0.4 is 10.6 Å². The molecular formula is C17H17F2N3O3. The molecule has 0 aromatic heterocycles. The van der Waals surface area contributed by atoms with Crippen LogP contribution in [0.2, 0.25) is 0 Å². The molecule has 0 bridgehead atoms. The molecule has 25 heavy (non-hydrogen) atoms. The van der Waals surface area contributed by atoms with Gasteiger partial charge in [0.2, 0.25) is 0 Å². The van der Waals surface area contributed by atoms with Crippen LogP contribution in [-0.4, -0.2) is 31.2 Å². The maximum Gasteiger partial charge on any atom is 0.411 e. The second-order valence-corrected chi connectivity index (χ2v) is 5.22. The number of benzene rings is 2. The molecule has 8 heteroatoms. The molecular weight excluding hydrogens is 332 g/mol. The average molecular weight is 349 g/mol. The van der Waals surface area contributed by atoms with Gasteiger partial charge in [-0.1, -0.05) is 6.07 Å². The largest absolute Gasteiger partial charge is 0.453 e. The fourth-order valence-electron chi connectivity index (χ4n) is 2.00. The summed E-state index contributed by atoms with van der Waals surface area (Å²) in [5.74, 6) is -1.38. The third-order valence-corrected chi connectivity index (χ3v) is 3.34. The van der Waals surface area contributed by atoms with Gasteiger partial charge in [-0.2, -0.15) is 0 Å². The molecule has 0 aliphatic carbocycles. The Labute approximate surface area is 143 Å². The molecule has 2 aromatic rings. The van der Waals surface area contributed by atoms with Crippen molar-refractivity contribution in [1.82, 2.24) is 4.90 Å². The fourth-order valence-corrected chi connectivity index (χ4v) is 2.00. The van der Waals surface area contributed by atoms with Gasteiger partial charge < -0.3 is 15.0 Å². The number of amides is 3. The molecule has 0 heterocycles. The number of nitrogens with one attached hydrogen (secondary N) is 2. The van der Waals surface area contributed by atoms with Crippen LogP contribution in [-0.2, 0) is 11.3 Å². The van der Waals surface area contributed by atoms with Gasteiger partial charge in [0.25, 0.3) is 0 Å². The molecule has 0 unspecified atom stereocenters. The highest BCUT2D eigenvalue weighted by Crippen LogP contribution is 2.15. The van der Waals surface area contributed by atoms with E-state index in [4.69, 9.17) is 0 Å². The topological polar surface area (TPSA) is 70.7 Å². The lowest BCUT2D eigenvalue weighted by Gasteiger charge is -2.18. The Morgan fingerprint density at radius 3 is 2.20 bits per heavy atom. The van der Waals surface area contributed by atoms with Crippen LogP contribution >= 0.6 is 0 Å². The van der Waals surface area contributed by atoms with Crippen molar-refractivity contribution in [2.75, 3.05) is 24.8 Å². The van der Waals surface area contributed by atoms with E-state index in [1.807, 2.05) is 0 Å². The number of methoxy groups -OCH3 is 1. The Hall–Kier alpha value is -3.16. The smallest absolute Gasteiger partial charge is 0.411 e. The Kier molecular flexibility index (Phi) is 5.89. The third-order valence-electron chi connectivity index (χ3n) is 3.34. The summed E-state index contributed by atoms with van der Waals surface area (Å²) in [5.41, 5.74) is 1.20. The first-order valence-electron chi connectivity index (χ1n) is 7.30. The first-order chi connectivity index (χ1) is 11.9. The Bertz CT molecular complexity index is 766. The van der Waals surface area contributed by atoms with Crippen molar-refractivity contribution in [1.29, 1.82) is 0 Å². The van der Waals surface area contributed by atoms with E-state index in [0.717, 1.165) is 12.1 Å². The number of hydrogen-bond donors (Lipinski definition) is 2. The highest BCUT2D eigenvalue weighted by molar-refractivity contribution is 5.90. The number of halogens is 2. The standard InChI is InChI=1S/C17H17F2N3O3/c1-22(10-11-3-4-12(18)9-15(11)19)16(23)20-13-5-7-14(8-6-13)21-17(24)25-2/h3-9H,10H2,1-2H3,(H,20,23)(H,21,24). The molecule has 0 aliphatic heterocycles. The predicted octanol–water partition coefficient (Wildman–Crippen LogP) is 3.81. The van der Waals surface area contributed by atoms with Crippen molar-refractivity contribution in [3.05, 3.63) is 59.7 Å². The molecule has 2 aromatic carbocycles. The van der Waals surface area contributed by atoms with Crippen molar-refractivity contribution in [2.45, 2.75) is 6.54 Å². The van der Waals surface area contributed by atoms with E-state index in [-0.39, 0.29) is 12.1 Å². The Balaban J connectivity index is 1.95. The fraction of sp³-hybridized carbons (Fsp3) is 0.176. The number of carbonyl (C=O) groups excluding carboxylic acids is 2. The zero-order valence-corrected chi connectivity index (χ0v) is 13.7. The first-order valence-corrected chi connectivity index (χ1v) is 7.30. The van der Waals surface area contributed by atoms with Crippen molar-refractivity contribution >= 4 is 23.5 Å². The molecule has 0 radical (unpaired) electrons. The number of rotatable bonds is 4. The summed E-state index contributed by atoms with van der Waals surface area (Å²) >= 11 is 0. The lowest BCUT2D eigenvalue weighted by molar-refractivity contribution is 0.187. The van der Waals surface area contributed by atoms with Crippen LogP contribution in [0, 0.1) is 11.6 Å². The maximum absolute atomic E-state index is 13.6. The number of carbonyl (C=O) groups is 2. The lowest BCUT2D eigenvalue weighted by Crippen LogP contribution is -2.31. The van der Waals surface area contributed by atoms with E-state index in [1.165, 1.54) is 25.1 Å². The number of anilines is 2. The summed E-state index contributed by atoms with van der Waals surface area (Å²) in [6.07, 6.45) is -0.599. The summed E-state index contributed by atoms with van der Waals surface area (Å²) in [6.45, 7) is -0.0140. The van der Waals surface area contributed by atoms with Gasteiger partial charge in [-0.05, 0) is 30.3 Å². The predicted molar refractivity (Wildman–Crippen MR) is 89.3 cm³/mol. The van der Waals surface area contributed by atoms with E-state index in [2.05, 4.69) is 15.4 Å². The first kappa shape index (κ1) is 18.2. The molecule has 0 spiro atoms. The van der Waals surface area contributed by atoms with Gasteiger partial charge in [0, 0.05) is 36.6 Å². The number of nitrogens with zero attached hydrogens (tertiary/aromatic N) is 1. The molecule has 2 N–H and O–H groups in total. The van der Waals surface area contributed by atoms with Crippen molar-refractivity contribution in [3.8, 4) is 0 Å².